The maximum atomic E-state index is 13.5. The van der Waals surface area contributed by atoms with Crippen molar-refractivity contribution in [3.05, 3.63) is 65.2 Å². The van der Waals surface area contributed by atoms with Crippen molar-refractivity contribution >= 4 is 0 Å². The van der Waals surface area contributed by atoms with Gasteiger partial charge in [-0.25, -0.2) is 8.78 Å². The SMILES string of the molecule is COc1ccc([C@@H](C)NCc2c(F)cccc2F)cc1. The molecule has 1 atom stereocenters. The summed E-state index contributed by atoms with van der Waals surface area (Å²) < 4.78 is 32.1. The predicted octanol–water partition coefficient (Wildman–Crippen LogP) is 3.82. The first-order valence-electron chi connectivity index (χ1n) is 6.42. The van der Waals surface area contributed by atoms with E-state index in [1.165, 1.54) is 18.2 Å². The lowest BCUT2D eigenvalue weighted by atomic mass is 10.1. The highest BCUT2D eigenvalue weighted by Gasteiger charge is 2.10. The van der Waals surface area contributed by atoms with Crippen LogP contribution in [0, 0.1) is 11.6 Å². The van der Waals surface area contributed by atoms with Crippen LogP contribution in [-0.2, 0) is 6.54 Å². The molecule has 0 aromatic heterocycles. The van der Waals surface area contributed by atoms with Crippen molar-refractivity contribution in [2.45, 2.75) is 19.5 Å². The number of benzene rings is 2. The Labute approximate surface area is 117 Å². The minimum absolute atomic E-state index is 0.0140. The molecule has 0 saturated carbocycles. The Balaban J connectivity index is 2.02. The van der Waals surface area contributed by atoms with E-state index >= 15 is 0 Å². The highest BCUT2D eigenvalue weighted by Crippen LogP contribution is 2.19. The fraction of sp³-hybridized carbons (Fsp3) is 0.250. The molecule has 0 aliphatic carbocycles. The molecule has 0 fully saturated rings. The summed E-state index contributed by atoms with van der Waals surface area (Å²) in [7, 11) is 1.61. The fourth-order valence-corrected chi connectivity index (χ4v) is 1.97. The molecule has 4 heteroatoms. The zero-order chi connectivity index (χ0) is 14.5. The van der Waals surface area contributed by atoms with Gasteiger partial charge in [-0.05, 0) is 36.8 Å². The van der Waals surface area contributed by atoms with Gasteiger partial charge >= 0.3 is 0 Å². The van der Waals surface area contributed by atoms with Crippen LogP contribution < -0.4 is 10.1 Å². The first-order chi connectivity index (χ1) is 9.61. The smallest absolute Gasteiger partial charge is 0.130 e. The largest absolute Gasteiger partial charge is 0.497 e. The summed E-state index contributed by atoms with van der Waals surface area (Å²) >= 11 is 0. The molecule has 1 N–H and O–H groups in total. The lowest BCUT2D eigenvalue weighted by Crippen LogP contribution is -2.19. The van der Waals surface area contributed by atoms with E-state index in [9.17, 15) is 8.78 Å². The highest BCUT2D eigenvalue weighted by molar-refractivity contribution is 5.29. The van der Waals surface area contributed by atoms with Gasteiger partial charge in [0.25, 0.3) is 0 Å². The molecule has 0 aliphatic rings. The van der Waals surface area contributed by atoms with Crippen LogP contribution in [0.2, 0.25) is 0 Å². The van der Waals surface area contributed by atoms with E-state index in [4.69, 9.17) is 4.74 Å². The zero-order valence-corrected chi connectivity index (χ0v) is 11.5. The Morgan fingerprint density at radius 1 is 1.05 bits per heavy atom. The quantitative estimate of drug-likeness (QED) is 0.897. The molecule has 2 nitrogen and oxygen atoms in total. The van der Waals surface area contributed by atoms with Gasteiger partial charge < -0.3 is 10.1 Å². The average Bonchev–Trinajstić information content (AvgIpc) is 2.46. The van der Waals surface area contributed by atoms with Crippen molar-refractivity contribution in [2.75, 3.05) is 7.11 Å². The maximum absolute atomic E-state index is 13.5. The van der Waals surface area contributed by atoms with Gasteiger partial charge in [-0.2, -0.15) is 0 Å². The first-order valence-corrected chi connectivity index (χ1v) is 6.42. The number of rotatable bonds is 5. The van der Waals surface area contributed by atoms with Crippen molar-refractivity contribution in [1.29, 1.82) is 0 Å². The molecule has 0 unspecified atom stereocenters. The molecule has 0 radical (unpaired) electrons. The summed E-state index contributed by atoms with van der Waals surface area (Å²) in [5, 5.41) is 3.11. The van der Waals surface area contributed by atoms with Crippen molar-refractivity contribution in [1.82, 2.24) is 5.32 Å². The summed E-state index contributed by atoms with van der Waals surface area (Å²) in [6.07, 6.45) is 0. The van der Waals surface area contributed by atoms with Crippen LogP contribution in [0.4, 0.5) is 8.78 Å². The molecular formula is C16H17F2NO. The summed E-state index contributed by atoms with van der Waals surface area (Å²) in [5.74, 6) is -0.278. The van der Waals surface area contributed by atoms with E-state index in [1.54, 1.807) is 7.11 Å². The van der Waals surface area contributed by atoms with E-state index < -0.39 is 11.6 Å². The normalized spacial score (nSPS) is 12.2. The Morgan fingerprint density at radius 3 is 2.20 bits per heavy atom. The van der Waals surface area contributed by atoms with Crippen LogP contribution >= 0.6 is 0 Å². The molecule has 0 saturated heterocycles. The zero-order valence-electron chi connectivity index (χ0n) is 11.5. The van der Waals surface area contributed by atoms with Crippen LogP contribution in [0.1, 0.15) is 24.1 Å². The lowest BCUT2D eigenvalue weighted by Gasteiger charge is -2.15. The molecular weight excluding hydrogens is 260 g/mol. The van der Waals surface area contributed by atoms with Crippen molar-refractivity contribution in [3.63, 3.8) is 0 Å². The monoisotopic (exact) mass is 277 g/mol. The van der Waals surface area contributed by atoms with Gasteiger partial charge in [0.1, 0.15) is 17.4 Å². The molecule has 0 amide bonds. The van der Waals surface area contributed by atoms with Crippen LogP contribution in [-0.4, -0.2) is 7.11 Å². The van der Waals surface area contributed by atoms with Gasteiger partial charge in [0, 0.05) is 18.2 Å². The molecule has 2 aromatic rings. The van der Waals surface area contributed by atoms with E-state index in [1.807, 2.05) is 31.2 Å². The number of halogens is 2. The van der Waals surface area contributed by atoms with E-state index in [2.05, 4.69) is 5.32 Å². The Bertz CT molecular complexity index is 549. The summed E-state index contributed by atoms with van der Waals surface area (Å²) in [6, 6.07) is 11.4. The standard InChI is InChI=1S/C16H17F2NO/c1-11(12-6-8-13(20-2)9-7-12)19-10-14-15(17)4-3-5-16(14)18/h3-9,11,19H,10H2,1-2H3/t11-/m1/s1. The lowest BCUT2D eigenvalue weighted by molar-refractivity contribution is 0.414. The Morgan fingerprint density at radius 2 is 1.65 bits per heavy atom. The third-order valence-corrected chi connectivity index (χ3v) is 3.26. The van der Waals surface area contributed by atoms with Gasteiger partial charge in [-0.15, -0.1) is 0 Å². The topological polar surface area (TPSA) is 21.3 Å². The van der Waals surface area contributed by atoms with Gasteiger partial charge in [-0.1, -0.05) is 18.2 Å². The van der Waals surface area contributed by atoms with Gasteiger partial charge in [0.05, 0.1) is 7.11 Å². The molecule has 2 rings (SSSR count). The third kappa shape index (κ3) is 3.33. The van der Waals surface area contributed by atoms with Gasteiger partial charge in [0.15, 0.2) is 0 Å². The van der Waals surface area contributed by atoms with Gasteiger partial charge in [0.2, 0.25) is 0 Å². The number of methoxy groups -OCH3 is 1. The molecule has 0 heterocycles. The Hall–Kier alpha value is -1.94. The fourth-order valence-electron chi connectivity index (χ4n) is 1.97. The van der Waals surface area contributed by atoms with Crippen molar-refractivity contribution < 1.29 is 13.5 Å². The molecule has 0 bridgehead atoms. The summed E-state index contributed by atoms with van der Waals surface area (Å²) in [5.41, 5.74) is 1.09. The average molecular weight is 277 g/mol. The summed E-state index contributed by atoms with van der Waals surface area (Å²) in [6.45, 7) is 2.09. The van der Waals surface area contributed by atoms with E-state index in [-0.39, 0.29) is 18.2 Å². The molecule has 106 valence electrons. The number of hydrogen-bond acceptors (Lipinski definition) is 2. The first kappa shape index (κ1) is 14.5. The van der Waals surface area contributed by atoms with Crippen LogP contribution in [0.25, 0.3) is 0 Å². The number of ether oxygens (including phenoxy) is 1. The van der Waals surface area contributed by atoms with Crippen LogP contribution in [0.15, 0.2) is 42.5 Å². The second kappa shape index (κ2) is 6.48. The summed E-state index contributed by atoms with van der Waals surface area (Å²) in [4.78, 5) is 0. The van der Waals surface area contributed by atoms with E-state index in [0.717, 1.165) is 11.3 Å². The van der Waals surface area contributed by atoms with Crippen molar-refractivity contribution in [3.8, 4) is 5.75 Å². The Kier molecular flexibility index (Phi) is 4.69. The van der Waals surface area contributed by atoms with E-state index in [0.29, 0.717) is 0 Å². The third-order valence-electron chi connectivity index (χ3n) is 3.26. The van der Waals surface area contributed by atoms with Crippen molar-refractivity contribution in [2.24, 2.45) is 0 Å². The van der Waals surface area contributed by atoms with Crippen LogP contribution in [0.3, 0.4) is 0 Å². The highest BCUT2D eigenvalue weighted by atomic mass is 19.1. The second-order valence-electron chi connectivity index (χ2n) is 4.58. The minimum Gasteiger partial charge on any atom is -0.497 e. The number of nitrogens with one attached hydrogen (secondary N) is 1. The molecule has 20 heavy (non-hydrogen) atoms. The molecule has 0 aliphatic heterocycles. The predicted molar refractivity (Wildman–Crippen MR) is 74.6 cm³/mol. The second-order valence-corrected chi connectivity index (χ2v) is 4.58. The molecule has 0 spiro atoms. The maximum Gasteiger partial charge on any atom is 0.130 e. The van der Waals surface area contributed by atoms with Crippen LogP contribution in [0.5, 0.6) is 5.75 Å². The number of hydrogen-bond donors (Lipinski definition) is 1. The minimum atomic E-state index is -0.528. The molecule has 2 aromatic carbocycles. The van der Waals surface area contributed by atoms with Gasteiger partial charge in [-0.3, -0.25) is 0 Å².